The Hall–Kier alpha value is -3.51. The number of nitrogens with zero attached hydrogens (tertiary/aromatic N) is 4. The van der Waals surface area contributed by atoms with Crippen LogP contribution in [-0.2, 0) is 0 Å². The van der Waals surface area contributed by atoms with Gasteiger partial charge in [0.15, 0.2) is 5.11 Å². The van der Waals surface area contributed by atoms with Crippen LogP contribution in [0.25, 0.3) is 5.69 Å². The van der Waals surface area contributed by atoms with E-state index in [1.807, 2.05) is 42.9 Å². The number of aryl methyl sites for hydroxylation is 2. The van der Waals surface area contributed by atoms with Crippen molar-refractivity contribution in [1.29, 1.82) is 0 Å². The van der Waals surface area contributed by atoms with Crippen molar-refractivity contribution < 1.29 is 0 Å². The van der Waals surface area contributed by atoms with Crippen molar-refractivity contribution in [2.45, 2.75) is 25.9 Å². The summed E-state index contributed by atoms with van der Waals surface area (Å²) in [5, 5.41) is 4.24. The normalized spacial score (nSPS) is 18.3. The lowest BCUT2D eigenvalue weighted by Gasteiger charge is -2.29. The van der Waals surface area contributed by atoms with Gasteiger partial charge in [0.2, 0.25) is 0 Å². The van der Waals surface area contributed by atoms with Crippen LogP contribution in [0.5, 0.6) is 0 Å². The summed E-state index contributed by atoms with van der Waals surface area (Å²) < 4.78 is 2.20. The number of thiocarbonyl (C=S) groups is 1. The van der Waals surface area contributed by atoms with Crippen molar-refractivity contribution in [1.82, 2.24) is 19.9 Å². The first-order valence-electron chi connectivity index (χ1n) is 10.3. The molecule has 0 radical (unpaired) electrons. The van der Waals surface area contributed by atoms with Gasteiger partial charge in [0.05, 0.1) is 11.7 Å². The van der Waals surface area contributed by atoms with Crippen LogP contribution in [0.4, 0.5) is 5.69 Å². The average Bonchev–Trinajstić information content (AvgIpc) is 3.41. The summed E-state index contributed by atoms with van der Waals surface area (Å²) in [6.45, 7) is 4.26. The molecule has 0 unspecified atom stereocenters. The number of hydrogen-bond donors (Lipinski definition) is 1. The molecule has 0 aliphatic carbocycles. The Kier molecular flexibility index (Phi) is 5.00. The Morgan fingerprint density at radius 1 is 0.871 bits per heavy atom. The largest absolute Gasteiger partial charge is 0.351 e. The van der Waals surface area contributed by atoms with E-state index in [0.717, 1.165) is 22.8 Å². The van der Waals surface area contributed by atoms with Crippen LogP contribution in [0.2, 0.25) is 0 Å². The molecule has 0 amide bonds. The van der Waals surface area contributed by atoms with E-state index in [1.165, 1.54) is 11.1 Å². The highest BCUT2D eigenvalue weighted by molar-refractivity contribution is 7.80. The molecule has 6 heteroatoms. The van der Waals surface area contributed by atoms with Crippen molar-refractivity contribution in [3.63, 3.8) is 0 Å². The second kappa shape index (κ2) is 7.96. The molecule has 0 saturated carbocycles. The molecule has 0 bridgehead atoms. The zero-order valence-electron chi connectivity index (χ0n) is 17.4. The molecule has 5 nitrogen and oxygen atoms in total. The van der Waals surface area contributed by atoms with Crippen LogP contribution >= 0.6 is 12.2 Å². The lowest BCUT2D eigenvalue weighted by molar-refractivity contribution is 0.549. The van der Waals surface area contributed by atoms with E-state index in [9.17, 15) is 0 Å². The maximum absolute atomic E-state index is 5.85. The molecule has 0 spiro atoms. The van der Waals surface area contributed by atoms with E-state index in [-0.39, 0.29) is 12.1 Å². The van der Waals surface area contributed by atoms with E-state index >= 15 is 0 Å². The van der Waals surface area contributed by atoms with E-state index in [0.29, 0.717) is 5.11 Å². The smallest absolute Gasteiger partial charge is 0.174 e. The predicted molar refractivity (Wildman–Crippen MR) is 127 cm³/mol. The fourth-order valence-corrected chi connectivity index (χ4v) is 4.53. The molecule has 1 fully saturated rings. The van der Waals surface area contributed by atoms with E-state index in [2.05, 4.69) is 81.2 Å². The van der Waals surface area contributed by atoms with Gasteiger partial charge in [0, 0.05) is 41.9 Å². The van der Waals surface area contributed by atoms with Crippen molar-refractivity contribution in [3.8, 4) is 5.69 Å². The number of benzene rings is 1. The molecular formula is C25H23N5S. The summed E-state index contributed by atoms with van der Waals surface area (Å²) in [4.78, 5) is 11.0. The van der Waals surface area contributed by atoms with E-state index < -0.39 is 0 Å². The van der Waals surface area contributed by atoms with Gasteiger partial charge in [-0.2, -0.15) is 0 Å². The zero-order chi connectivity index (χ0) is 21.4. The first-order valence-corrected chi connectivity index (χ1v) is 10.7. The topological polar surface area (TPSA) is 46.0 Å². The molecule has 1 saturated heterocycles. The number of pyridine rings is 2. The summed E-state index contributed by atoms with van der Waals surface area (Å²) in [5.74, 6) is 0. The number of hydrogen-bond acceptors (Lipinski definition) is 3. The van der Waals surface area contributed by atoms with Crippen LogP contribution in [0, 0.1) is 13.8 Å². The fourth-order valence-electron chi connectivity index (χ4n) is 4.18. The van der Waals surface area contributed by atoms with E-state index in [1.54, 1.807) is 0 Å². The van der Waals surface area contributed by atoms with Crippen LogP contribution in [0.3, 0.4) is 0 Å². The first kappa shape index (κ1) is 19.5. The lowest BCUT2D eigenvalue weighted by atomic mass is 10.00. The Balaban J connectivity index is 1.68. The molecule has 154 valence electrons. The molecule has 5 rings (SSSR count). The standard InChI is InChI=1S/C25H23N5S/c1-17-8-9-20(16-18(17)2)30-24(23(28-25(30)31)21-6-3-4-12-27-21)22-7-5-15-29(22)19-10-13-26-14-11-19/h3-16,23-24H,1-2H3,(H,28,31)/t23-,24-/m1/s1. The molecular weight excluding hydrogens is 402 g/mol. The summed E-state index contributed by atoms with van der Waals surface area (Å²) in [6.07, 6.45) is 7.54. The van der Waals surface area contributed by atoms with Crippen LogP contribution in [0.1, 0.15) is 34.6 Å². The summed E-state index contributed by atoms with van der Waals surface area (Å²) >= 11 is 5.85. The van der Waals surface area contributed by atoms with Crippen LogP contribution in [0.15, 0.2) is 85.5 Å². The van der Waals surface area contributed by atoms with E-state index in [4.69, 9.17) is 12.2 Å². The Morgan fingerprint density at radius 2 is 1.71 bits per heavy atom. The minimum Gasteiger partial charge on any atom is -0.351 e. The van der Waals surface area contributed by atoms with Gasteiger partial charge in [0.25, 0.3) is 0 Å². The van der Waals surface area contributed by atoms with Gasteiger partial charge < -0.3 is 14.8 Å². The summed E-state index contributed by atoms with van der Waals surface area (Å²) in [5.41, 5.74) is 6.74. The Bertz CT molecular complexity index is 1220. The van der Waals surface area contributed by atoms with Crippen LogP contribution < -0.4 is 10.2 Å². The zero-order valence-corrected chi connectivity index (χ0v) is 18.3. The molecule has 31 heavy (non-hydrogen) atoms. The summed E-state index contributed by atoms with van der Waals surface area (Å²) in [6, 6.07) is 20.6. The Labute approximate surface area is 187 Å². The minimum atomic E-state index is -0.0780. The quantitative estimate of drug-likeness (QED) is 0.463. The third-order valence-corrected chi connectivity index (χ3v) is 6.21. The number of rotatable bonds is 4. The average molecular weight is 426 g/mol. The second-order valence-corrected chi connectivity index (χ2v) is 8.16. The van der Waals surface area contributed by atoms with Crippen molar-refractivity contribution in [3.05, 3.63) is 108 Å². The molecule has 2 atom stereocenters. The van der Waals surface area contributed by atoms with Gasteiger partial charge in [-0.15, -0.1) is 0 Å². The third kappa shape index (κ3) is 3.49. The van der Waals surface area contributed by atoms with Gasteiger partial charge in [-0.25, -0.2) is 0 Å². The van der Waals surface area contributed by atoms with Crippen LogP contribution in [-0.4, -0.2) is 19.6 Å². The highest BCUT2D eigenvalue weighted by Crippen LogP contribution is 2.42. The molecule has 1 aromatic carbocycles. The van der Waals surface area contributed by atoms with Gasteiger partial charge in [-0.05, 0) is 85.7 Å². The third-order valence-electron chi connectivity index (χ3n) is 5.89. The molecule has 1 N–H and O–H groups in total. The molecule has 3 aromatic heterocycles. The Morgan fingerprint density at radius 3 is 2.45 bits per heavy atom. The maximum atomic E-state index is 5.85. The van der Waals surface area contributed by atoms with Gasteiger partial charge in [-0.3, -0.25) is 9.97 Å². The van der Waals surface area contributed by atoms with Crippen molar-refractivity contribution in [2.75, 3.05) is 4.90 Å². The molecule has 1 aliphatic heterocycles. The van der Waals surface area contributed by atoms with Gasteiger partial charge in [0.1, 0.15) is 6.04 Å². The fraction of sp³-hybridized carbons (Fsp3) is 0.160. The maximum Gasteiger partial charge on any atom is 0.174 e. The van der Waals surface area contributed by atoms with Gasteiger partial charge >= 0.3 is 0 Å². The monoisotopic (exact) mass is 425 g/mol. The first-order chi connectivity index (χ1) is 15.1. The summed E-state index contributed by atoms with van der Waals surface area (Å²) in [7, 11) is 0. The second-order valence-electron chi connectivity index (χ2n) is 7.77. The predicted octanol–water partition coefficient (Wildman–Crippen LogP) is 5.06. The van der Waals surface area contributed by atoms with Gasteiger partial charge in [-0.1, -0.05) is 12.1 Å². The lowest BCUT2D eigenvalue weighted by Crippen LogP contribution is -2.30. The van der Waals surface area contributed by atoms with Crippen molar-refractivity contribution in [2.24, 2.45) is 0 Å². The highest BCUT2D eigenvalue weighted by atomic mass is 32.1. The number of aromatic nitrogens is 3. The minimum absolute atomic E-state index is 0.0623. The number of nitrogens with one attached hydrogen (secondary N) is 1. The number of anilines is 1. The highest BCUT2D eigenvalue weighted by Gasteiger charge is 2.42. The molecule has 4 aromatic rings. The SMILES string of the molecule is Cc1ccc(N2C(=S)N[C@H](c3ccccn3)[C@H]2c2cccn2-c2ccncc2)cc1C. The molecule has 1 aliphatic rings. The van der Waals surface area contributed by atoms with Crippen molar-refractivity contribution >= 4 is 23.0 Å². The molecule has 4 heterocycles.